The third-order valence-corrected chi connectivity index (χ3v) is 4.09. The molecule has 0 spiro atoms. The zero-order valence-electron chi connectivity index (χ0n) is 12.6. The number of hydrogen-bond acceptors (Lipinski definition) is 5. The first kappa shape index (κ1) is 17.2. The minimum absolute atomic E-state index is 0.0141. The summed E-state index contributed by atoms with van der Waals surface area (Å²) >= 11 is 11.4. The van der Waals surface area contributed by atoms with Crippen LogP contribution in [-0.2, 0) is 11.3 Å². The van der Waals surface area contributed by atoms with Crippen LogP contribution in [0.2, 0.25) is 10.0 Å². The molecule has 1 N–H and O–H groups in total. The van der Waals surface area contributed by atoms with Crippen molar-refractivity contribution in [3.63, 3.8) is 0 Å². The summed E-state index contributed by atoms with van der Waals surface area (Å²) in [7, 11) is 1.26. The number of rotatable bonds is 4. The van der Waals surface area contributed by atoms with Crippen LogP contribution in [0.5, 0.6) is 0 Å². The number of Topliss-reactive ketones (excluding diaryl/α,β-unsaturated/α-hetero) is 1. The smallest absolute Gasteiger partial charge is 0.339 e. The van der Waals surface area contributed by atoms with E-state index >= 15 is 0 Å². The van der Waals surface area contributed by atoms with Crippen LogP contribution >= 0.6 is 23.2 Å². The number of H-pyrrole nitrogens is 1. The molecule has 0 aliphatic carbocycles. The summed E-state index contributed by atoms with van der Waals surface area (Å²) in [6, 6.07) is 0. The molecule has 7 nitrogen and oxygen atoms in total. The lowest BCUT2D eigenvalue weighted by atomic mass is 10.1. The van der Waals surface area contributed by atoms with Gasteiger partial charge in [-0.1, -0.05) is 23.2 Å². The molecule has 9 heteroatoms. The maximum Gasteiger partial charge on any atom is 0.339 e. The van der Waals surface area contributed by atoms with Gasteiger partial charge in [-0.15, -0.1) is 0 Å². The molecule has 0 aromatic carbocycles. The number of carbonyl (C=O) groups is 2. The van der Waals surface area contributed by atoms with Crippen molar-refractivity contribution in [2.45, 2.75) is 20.4 Å². The molecule has 0 amide bonds. The van der Waals surface area contributed by atoms with E-state index in [0.29, 0.717) is 16.8 Å². The number of ether oxygens (including phenoxy) is 1. The number of esters is 1. The fourth-order valence-electron chi connectivity index (χ4n) is 2.21. The summed E-state index contributed by atoms with van der Waals surface area (Å²) in [5.74, 6) is -0.964. The van der Waals surface area contributed by atoms with E-state index in [1.807, 2.05) is 0 Å². The Hall–Kier alpha value is -2.12. The van der Waals surface area contributed by atoms with Crippen molar-refractivity contribution in [1.82, 2.24) is 14.8 Å². The van der Waals surface area contributed by atoms with Crippen LogP contribution in [0.25, 0.3) is 0 Å². The lowest BCUT2D eigenvalue weighted by molar-refractivity contribution is 0.0599. The van der Waals surface area contributed by atoms with Crippen molar-refractivity contribution >= 4 is 35.0 Å². The summed E-state index contributed by atoms with van der Waals surface area (Å²) < 4.78 is 5.59. The monoisotopic (exact) mass is 357 g/mol. The third kappa shape index (κ3) is 3.16. The number of ketones is 1. The predicted molar refractivity (Wildman–Crippen MR) is 84.5 cm³/mol. The number of aryl methyl sites for hydroxylation is 1. The summed E-state index contributed by atoms with van der Waals surface area (Å²) in [5, 5.41) is 3.59. The molecule has 0 radical (unpaired) electrons. The van der Waals surface area contributed by atoms with Crippen LogP contribution in [0.4, 0.5) is 0 Å². The molecule has 0 unspecified atom stereocenters. The van der Waals surface area contributed by atoms with Crippen LogP contribution in [-0.4, -0.2) is 33.6 Å². The van der Waals surface area contributed by atoms with E-state index in [1.54, 1.807) is 13.8 Å². The molecule has 2 heterocycles. The number of carbonyl (C=O) groups excluding carboxylic acids is 2. The molecule has 0 saturated carbocycles. The van der Waals surface area contributed by atoms with Crippen LogP contribution < -0.4 is 5.56 Å². The predicted octanol–water partition coefficient (Wildman–Crippen LogP) is 2.16. The standard InChI is InChI=1S/C14H13Cl2N3O4/c1-6-10(14(22)23-3)7(2)18-12(6)9(20)5-19-13(21)11(16)8(15)4-17-19/h4,18H,5H2,1-3H3. The van der Waals surface area contributed by atoms with Crippen molar-refractivity contribution in [1.29, 1.82) is 0 Å². The fourth-order valence-corrected chi connectivity index (χ4v) is 2.48. The third-order valence-electron chi connectivity index (χ3n) is 3.34. The van der Waals surface area contributed by atoms with Gasteiger partial charge in [-0.05, 0) is 19.4 Å². The first-order chi connectivity index (χ1) is 10.8. The van der Waals surface area contributed by atoms with Gasteiger partial charge in [-0.25, -0.2) is 9.48 Å². The van der Waals surface area contributed by atoms with E-state index < -0.39 is 17.3 Å². The summed E-state index contributed by atoms with van der Waals surface area (Å²) in [5.41, 5.74) is 0.800. The molecular formula is C14H13Cl2N3O4. The van der Waals surface area contributed by atoms with Crippen LogP contribution in [0, 0.1) is 13.8 Å². The van der Waals surface area contributed by atoms with Gasteiger partial charge in [-0.3, -0.25) is 9.59 Å². The Kier molecular flexibility index (Phi) is 4.91. The second-order valence-corrected chi connectivity index (χ2v) is 5.59. The molecule has 2 aromatic heterocycles. The van der Waals surface area contributed by atoms with E-state index in [1.165, 1.54) is 13.3 Å². The number of aromatic nitrogens is 3. The average Bonchev–Trinajstić information content (AvgIpc) is 2.82. The molecule has 0 aliphatic rings. The van der Waals surface area contributed by atoms with Gasteiger partial charge in [0.05, 0.1) is 29.6 Å². The van der Waals surface area contributed by atoms with Crippen LogP contribution in [0.3, 0.4) is 0 Å². The van der Waals surface area contributed by atoms with Gasteiger partial charge in [0, 0.05) is 5.69 Å². The molecule has 0 fully saturated rings. The highest BCUT2D eigenvalue weighted by Gasteiger charge is 2.23. The van der Waals surface area contributed by atoms with Crippen molar-refractivity contribution < 1.29 is 14.3 Å². The molecular weight excluding hydrogens is 345 g/mol. The van der Waals surface area contributed by atoms with Crippen molar-refractivity contribution in [2.75, 3.05) is 7.11 Å². The molecule has 0 atom stereocenters. The molecule has 0 saturated heterocycles. The van der Waals surface area contributed by atoms with Crippen LogP contribution in [0.15, 0.2) is 11.0 Å². The Morgan fingerprint density at radius 2 is 2.00 bits per heavy atom. The highest BCUT2D eigenvalue weighted by atomic mass is 35.5. The Morgan fingerprint density at radius 1 is 1.35 bits per heavy atom. The summed E-state index contributed by atoms with van der Waals surface area (Å²) in [4.78, 5) is 38.9. The molecule has 0 aliphatic heterocycles. The molecule has 2 rings (SSSR count). The first-order valence-electron chi connectivity index (χ1n) is 6.49. The first-order valence-corrected chi connectivity index (χ1v) is 7.25. The highest BCUT2D eigenvalue weighted by Crippen LogP contribution is 2.20. The normalized spacial score (nSPS) is 10.7. The van der Waals surface area contributed by atoms with E-state index in [2.05, 4.69) is 14.8 Å². The minimum Gasteiger partial charge on any atom is -0.465 e. The van der Waals surface area contributed by atoms with E-state index in [-0.39, 0.29) is 22.3 Å². The molecule has 0 bridgehead atoms. The van der Waals surface area contributed by atoms with Gasteiger partial charge in [-0.2, -0.15) is 5.10 Å². The second-order valence-electron chi connectivity index (χ2n) is 4.81. The summed E-state index contributed by atoms with van der Waals surface area (Å²) in [6.45, 7) is 2.94. The largest absolute Gasteiger partial charge is 0.465 e. The molecule has 23 heavy (non-hydrogen) atoms. The number of halogens is 2. The highest BCUT2D eigenvalue weighted by molar-refractivity contribution is 6.41. The number of hydrogen-bond donors (Lipinski definition) is 1. The second kappa shape index (κ2) is 6.55. The quantitative estimate of drug-likeness (QED) is 0.668. The summed E-state index contributed by atoms with van der Waals surface area (Å²) in [6.07, 6.45) is 1.19. The SMILES string of the molecule is COC(=O)c1c(C)[nH]c(C(=O)Cn2ncc(Cl)c(Cl)c2=O)c1C. The van der Waals surface area contributed by atoms with Crippen molar-refractivity contribution in [3.8, 4) is 0 Å². The number of nitrogens with zero attached hydrogens (tertiary/aromatic N) is 2. The van der Waals surface area contributed by atoms with E-state index in [0.717, 1.165) is 4.68 Å². The topological polar surface area (TPSA) is 94.1 Å². The van der Waals surface area contributed by atoms with Gasteiger partial charge in [0.2, 0.25) is 5.78 Å². The zero-order valence-corrected chi connectivity index (χ0v) is 14.1. The molecule has 2 aromatic rings. The van der Waals surface area contributed by atoms with E-state index in [9.17, 15) is 14.4 Å². The van der Waals surface area contributed by atoms with Gasteiger partial charge in [0.25, 0.3) is 5.56 Å². The van der Waals surface area contributed by atoms with Crippen molar-refractivity contribution in [2.24, 2.45) is 0 Å². The Bertz CT molecular complexity index is 854. The number of nitrogens with one attached hydrogen (secondary N) is 1. The maximum absolute atomic E-state index is 12.4. The molecule has 122 valence electrons. The Labute approximate surface area is 141 Å². The zero-order chi connectivity index (χ0) is 17.3. The number of aromatic amines is 1. The Morgan fingerprint density at radius 3 is 2.61 bits per heavy atom. The van der Waals surface area contributed by atoms with Crippen molar-refractivity contribution in [3.05, 3.63) is 49.1 Å². The van der Waals surface area contributed by atoms with Gasteiger partial charge < -0.3 is 9.72 Å². The van der Waals surface area contributed by atoms with Gasteiger partial charge in [0.15, 0.2) is 0 Å². The number of methoxy groups -OCH3 is 1. The van der Waals surface area contributed by atoms with E-state index in [4.69, 9.17) is 23.2 Å². The minimum atomic E-state index is -0.665. The lowest BCUT2D eigenvalue weighted by Gasteiger charge is -2.05. The average molecular weight is 358 g/mol. The fraction of sp³-hybridized carbons (Fsp3) is 0.286. The lowest BCUT2D eigenvalue weighted by Crippen LogP contribution is -2.27. The van der Waals surface area contributed by atoms with Crippen LogP contribution in [0.1, 0.15) is 32.1 Å². The maximum atomic E-state index is 12.4. The van der Waals surface area contributed by atoms with Gasteiger partial charge in [0.1, 0.15) is 11.6 Å². The van der Waals surface area contributed by atoms with Gasteiger partial charge >= 0.3 is 5.97 Å². The Balaban J connectivity index is 2.38.